The molecule has 0 heterocycles. The second-order valence-corrected chi connectivity index (χ2v) is 18.1. The Morgan fingerprint density at radius 3 is 1.02 bits per heavy atom. The van der Waals surface area contributed by atoms with E-state index in [0.29, 0.717) is 19.3 Å². The van der Waals surface area contributed by atoms with Crippen molar-refractivity contribution in [3.63, 3.8) is 0 Å². The van der Waals surface area contributed by atoms with Gasteiger partial charge in [0.15, 0.2) is 6.10 Å². The van der Waals surface area contributed by atoms with E-state index >= 15 is 0 Å². The summed E-state index contributed by atoms with van der Waals surface area (Å²) in [5.41, 5.74) is 0. The molecule has 0 rings (SSSR count). The molecule has 0 saturated carbocycles. The highest BCUT2D eigenvalue weighted by Crippen LogP contribution is 2.14. The van der Waals surface area contributed by atoms with Crippen molar-refractivity contribution in [2.24, 2.45) is 0 Å². The molecule has 0 spiro atoms. The predicted molar refractivity (Wildman–Crippen MR) is 284 cm³/mol. The van der Waals surface area contributed by atoms with Crippen molar-refractivity contribution in [1.82, 2.24) is 0 Å². The van der Waals surface area contributed by atoms with E-state index in [1.54, 1.807) is 0 Å². The Kier molecular flexibility index (Phi) is 51.4. The molecule has 0 aromatic carbocycles. The molecule has 6 nitrogen and oxygen atoms in total. The lowest BCUT2D eigenvalue weighted by atomic mass is 10.1. The minimum atomic E-state index is -0.811. The van der Waals surface area contributed by atoms with E-state index in [-0.39, 0.29) is 37.5 Å². The van der Waals surface area contributed by atoms with Crippen molar-refractivity contribution in [1.29, 1.82) is 0 Å². The SMILES string of the molecule is CC/C=C\C/C=C\C/C=C\C/C=C\C/C=C\CCCC(=O)OC(COC(=O)CCCCCCC/C=C\CCCCC)COC(=O)CCCCCCCCC/C=C\CCCCCCCCCC. The molecule has 0 aliphatic rings. The predicted octanol–water partition coefficient (Wildman–Crippen LogP) is 18.4. The number of hydrogen-bond donors (Lipinski definition) is 0. The lowest BCUT2D eigenvalue weighted by Crippen LogP contribution is -2.30. The van der Waals surface area contributed by atoms with E-state index in [2.05, 4.69) is 106 Å². The van der Waals surface area contributed by atoms with Crippen molar-refractivity contribution < 1.29 is 28.6 Å². The van der Waals surface area contributed by atoms with Crippen LogP contribution < -0.4 is 0 Å². The molecule has 0 radical (unpaired) electrons. The summed E-state index contributed by atoms with van der Waals surface area (Å²) < 4.78 is 16.8. The third-order valence-corrected chi connectivity index (χ3v) is 11.6. The summed E-state index contributed by atoms with van der Waals surface area (Å²) in [6.45, 7) is 6.45. The van der Waals surface area contributed by atoms with Gasteiger partial charge in [0.05, 0.1) is 0 Å². The van der Waals surface area contributed by atoms with Crippen molar-refractivity contribution in [3.8, 4) is 0 Å². The van der Waals surface area contributed by atoms with Gasteiger partial charge in [0.1, 0.15) is 13.2 Å². The van der Waals surface area contributed by atoms with Gasteiger partial charge in [-0.3, -0.25) is 14.4 Å². The van der Waals surface area contributed by atoms with Crippen LogP contribution in [0.5, 0.6) is 0 Å². The standard InChI is InChI=1S/C60H102O6/c1-4-7-10-13-16-19-22-25-27-29-30-32-33-35-38-41-44-47-50-53-59(62)65-56-57(55-64-58(61)52-49-46-43-40-37-24-21-18-15-12-9-6-3)66-60(63)54-51-48-45-42-39-36-34-31-28-26-23-20-17-14-11-8-5-2/h8,11,17-18,20-21,26,28-30,34,36,42,45,57H,4-7,9-10,12-16,19,22-25,27,31-33,35,37-41,43-44,46-56H2,1-3H3/b11-8-,20-17-,21-18-,28-26-,30-29-,36-34-,45-42-. The molecular weight excluding hydrogens is 817 g/mol. The van der Waals surface area contributed by atoms with Gasteiger partial charge in [0, 0.05) is 19.3 Å². The Balaban J connectivity index is 4.45. The summed E-state index contributed by atoms with van der Waals surface area (Å²) in [6.07, 6.45) is 70.1. The number of allylic oxidation sites excluding steroid dienone is 14. The van der Waals surface area contributed by atoms with Gasteiger partial charge in [0.25, 0.3) is 0 Å². The fourth-order valence-corrected chi connectivity index (χ4v) is 7.47. The summed E-state index contributed by atoms with van der Waals surface area (Å²) >= 11 is 0. The van der Waals surface area contributed by atoms with E-state index in [1.165, 1.54) is 122 Å². The van der Waals surface area contributed by atoms with Crippen LogP contribution in [0.25, 0.3) is 0 Å². The van der Waals surface area contributed by atoms with E-state index in [1.807, 2.05) is 0 Å². The van der Waals surface area contributed by atoms with Crippen molar-refractivity contribution in [2.45, 2.75) is 264 Å². The second-order valence-electron chi connectivity index (χ2n) is 18.1. The van der Waals surface area contributed by atoms with Crippen LogP contribution in [0.15, 0.2) is 85.1 Å². The highest BCUT2D eigenvalue weighted by atomic mass is 16.6. The molecule has 0 aliphatic heterocycles. The first kappa shape index (κ1) is 62.6. The number of unbranched alkanes of at least 4 members (excludes halogenated alkanes) is 24. The summed E-state index contributed by atoms with van der Waals surface area (Å²) in [7, 11) is 0. The van der Waals surface area contributed by atoms with Crippen LogP contribution in [0, 0.1) is 0 Å². The first-order chi connectivity index (χ1) is 32.5. The molecule has 0 saturated heterocycles. The Morgan fingerprint density at radius 1 is 0.318 bits per heavy atom. The van der Waals surface area contributed by atoms with E-state index in [0.717, 1.165) is 89.9 Å². The lowest BCUT2D eigenvalue weighted by Gasteiger charge is -2.18. The minimum absolute atomic E-state index is 0.104. The number of carbonyl (C=O) groups is 3. The topological polar surface area (TPSA) is 78.9 Å². The van der Waals surface area contributed by atoms with Gasteiger partial charge in [-0.1, -0.05) is 215 Å². The van der Waals surface area contributed by atoms with E-state index < -0.39 is 6.10 Å². The molecule has 0 aromatic rings. The molecule has 0 bridgehead atoms. The number of ether oxygens (including phenoxy) is 3. The first-order valence-electron chi connectivity index (χ1n) is 27.6. The van der Waals surface area contributed by atoms with Crippen molar-refractivity contribution in [3.05, 3.63) is 85.1 Å². The van der Waals surface area contributed by atoms with Gasteiger partial charge < -0.3 is 14.2 Å². The maximum atomic E-state index is 12.8. The molecule has 1 unspecified atom stereocenters. The fraction of sp³-hybridized carbons (Fsp3) is 0.717. The van der Waals surface area contributed by atoms with Gasteiger partial charge in [-0.05, 0) is 109 Å². The summed E-state index contributed by atoms with van der Waals surface area (Å²) in [5.74, 6) is -0.974. The zero-order chi connectivity index (χ0) is 47.9. The third-order valence-electron chi connectivity index (χ3n) is 11.6. The maximum absolute atomic E-state index is 12.8. The van der Waals surface area contributed by atoms with Crippen LogP contribution in [-0.4, -0.2) is 37.2 Å². The monoisotopic (exact) mass is 919 g/mol. The molecule has 0 aliphatic carbocycles. The molecule has 0 amide bonds. The highest BCUT2D eigenvalue weighted by Gasteiger charge is 2.19. The summed E-state index contributed by atoms with van der Waals surface area (Å²) in [6, 6.07) is 0. The fourth-order valence-electron chi connectivity index (χ4n) is 7.47. The van der Waals surface area contributed by atoms with Gasteiger partial charge >= 0.3 is 17.9 Å². The van der Waals surface area contributed by atoms with Gasteiger partial charge in [0.2, 0.25) is 0 Å². The number of carbonyl (C=O) groups excluding carboxylic acids is 3. The summed E-state index contributed by atoms with van der Waals surface area (Å²) in [5, 5.41) is 0. The highest BCUT2D eigenvalue weighted by molar-refractivity contribution is 5.71. The number of hydrogen-bond acceptors (Lipinski definition) is 6. The van der Waals surface area contributed by atoms with E-state index in [9.17, 15) is 14.4 Å². The molecule has 66 heavy (non-hydrogen) atoms. The van der Waals surface area contributed by atoms with Gasteiger partial charge in [-0.25, -0.2) is 0 Å². The Bertz CT molecular complexity index is 1290. The van der Waals surface area contributed by atoms with Crippen LogP contribution >= 0.6 is 0 Å². The molecule has 1 atom stereocenters. The molecular formula is C60H102O6. The smallest absolute Gasteiger partial charge is 0.306 e. The minimum Gasteiger partial charge on any atom is -0.462 e. The van der Waals surface area contributed by atoms with Crippen LogP contribution in [0.1, 0.15) is 258 Å². The quantitative estimate of drug-likeness (QED) is 0.0262. The molecule has 0 fully saturated rings. The maximum Gasteiger partial charge on any atom is 0.306 e. The normalized spacial score (nSPS) is 12.7. The first-order valence-corrected chi connectivity index (χ1v) is 27.6. The Labute approximate surface area is 407 Å². The van der Waals surface area contributed by atoms with Crippen molar-refractivity contribution >= 4 is 17.9 Å². The largest absolute Gasteiger partial charge is 0.462 e. The summed E-state index contributed by atoms with van der Waals surface area (Å²) in [4.78, 5) is 38.0. The van der Waals surface area contributed by atoms with Crippen LogP contribution in [0.2, 0.25) is 0 Å². The molecule has 6 heteroatoms. The van der Waals surface area contributed by atoms with Gasteiger partial charge in [-0.15, -0.1) is 0 Å². The Hall–Kier alpha value is -3.41. The average molecular weight is 919 g/mol. The average Bonchev–Trinajstić information content (AvgIpc) is 3.31. The van der Waals surface area contributed by atoms with Crippen LogP contribution in [0.4, 0.5) is 0 Å². The number of rotatable bonds is 49. The van der Waals surface area contributed by atoms with Crippen LogP contribution in [0.3, 0.4) is 0 Å². The van der Waals surface area contributed by atoms with Crippen molar-refractivity contribution in [2.75, 3.05) is 13.2 Å². The van der Waals surface area contributed by atoms with Gasteiger partial charge in [-0.2, -0.15) is 0 Å². The van der Waals surface area contributed by atoms with E-state index in [4.69, 9.17) is 14.2 Å². The lowest BCUT2D eigenvalue weighted by molar-refractivity contribution is -0.167. The third kappa shape index (κ3) is 51.6. The second kappa shape index (κ2) is 54.2. The van der Waals surface area contributed by atoms with Crippen LogP contribution in [-0.2, 0) is 28.6 Å². The molecule has 0 N–H and O–H groups in total. The zero-order valence-electron chi connectivity index (χ0n) is 43.2. The molecule has 0 aromatic heterocycles. The zero-order valence-corrected chi connectivity index (χ0v) is 43.2. The molecule has 378 valence electrons. The Morgan fingerprint density at radius 2 is 0.606 bits per heavy atom. The number of esters is 3.